The van der Waals surface area contributed by atoms with Crippen molar-refractivity contribution in [1.82, 2.24) is 9.97 Å². The van der Waals surface area contributed by atoms with E-state index in [1.54, 1.807) is 6.07 Å². The number of nitrogens with zero attached hydrogens (tertiary/aromatic N) is 2. The number of aromatic carboxylic acids is 1. The van der Waals surface area contributed by atoms with Crippen LogP contribution < -0.4 is 0 Å². The Bertz CT molecular complexity index is 666. The molecule has 1 N–H and O–H groups in total. The molecule has 0 bridgehead atoms. The van der Waals surface area contributed by atoms with Gasteiger partial charge < -0.3 is 5.11 Å². The van der Waals surface area contributed by atoms with E-state index >= 15 is 0 Å². The predicted octanol–water partition coefficient (Wildman–Crippen LogP) is 3.62. The second kappa shape index (κ2) is 7.03. The van der Waals surface area contributed by atoms with Crippen molar-refractivity contribution in [3.63, 3.8) is 0 Å². The van der Waals surface area contributed by atoms with Gasteiger partial charge in [0.15, 0.2) is 0 Å². The van der Waals surface area contributed by atoms with Gasteiger partial charge in [-0.1, -0.05) is 39.8 Å². The molecule has 4 nitrogen and oxygen atoms in total. The molecule has 0 aliphatic carbocycles. The molecule has 2 aromatic heterocycles. The molecule has 2 rings (SSSR count). The summed E-state index contributed by atoms with van der Waals surface area (Å²) in [6, 6.07) is 11.0. The van der Waals surface area contributed by atoms with E-state index in [1.165, 1.54) is 6.07 Å². The minimum absolute atomic E-state index is 0. The quantitative estimate of drug-likeness (QED) is 0.861. The first-order valence-corrected chi connectivity index (χ1v) is 6.96. The van der Waals surface area contributed by atoms with E-state index in [1.807, 2.05) is 31.2 Å². The van der Waals surface area contributed by atoms with Crippen LogP contribution in [0, 0.1) is 0 Å². The number of rotatable bonds is 3. The van der Waals surface area contributed by atoms with Crippen LogP contribution in [0.25, 0.3) is 0 Å². The molecule has 121 valence electrons. The average molecular weight is 348 g/mol. The molecule has 0 amide bonds. The summed E-state index contributed by atoms with van der Waals surface area (Å²) >= 11 is 0. The monoisotopic (exact) mass is 347 g/mol. The molecule has 0 fully saturated rings. The van der Waals surface area contributed by atoms with Gasteiger partial charge >= 0.3 is 5.97 Å². The van der Waals surface area contributed by atoms with Gasteiger partial charge in [-0.25, -0.2) is 9.78 Å². The summed E-state index contributed by atoms with van der Waals surface area (Å²) in [4.78, 5) is 19.9. The first kappa shape index (κ1) is 18.3. The van der Waals surface area contributed by atoms with Crippen LogP contribution in [0.2, 0.25) is 0 Å². The molecule has 5 heteroatoms. The van der Waals surface area contributed by atoms with Crippen molar-refractivity contribution in [3.8, 4) is 0 Å². The van der Waals surface area contributed by atoms with Gasteiger partial charge in [0.2, 0.25) is 0 Å². The van der Waals surface area contributed by atoms with E-state index < -0.39 is 5.97 Å². The van der Waals surface area contributed by atoms with E-state index in [-0.39, 0.29) is 34.1 Å². The molecular weight excluding hydrogens is 328 g/mol. The van der Waals surface area contributed by atoms with Crippen molar-refractivity contribution in [2.45, 2.75) is 39.0 Å². The zero-order valence-corrected chi connectivity index (χ0v) is 14.0. The summed E-state index contributed by atoms with van der Waals surface area (Å²) in [5, 5.41) is 9.03. The molecule has 2 heterocycles. The van der Waals surface area contributed by atoms with Gasteiger partial charge in [0, 0.05) is 39.8 Å². The third-order valence-electron chi connectivity index (χ3n) is 3.42. The van der Waals surface area contributed by atoms with Gasteiger partial charge in [0.25, 0.3) is 0 Å². The topological polar surface area (TPSA) is 63.1 Å². The third-order valence-corrected chi connectivity index (χ3v) is 3.42. The average Bonchev–Trinajstić information content (AvgIpc) is 2.46. The van der Waals surface area contributed by atoms with Crippen LogP contribution in [0.4, 0.5) is 0 Å². The van der Waals surface area contributed by atoms with Gasteiger partial charge in [-0.15, -0.1) is 0 Å². The number of carboxylic acid groups (broad SMARTS) is 1. The van der Waals surface area contributed by atoms with E-state index in [9.17, 15) is 4.79 Å². The van der Waals surface area contributed by atoms with Crippen LogP contribution in [0.1, 0.15) is 61.2 Å². The fourth-order valence-corrected chi connectivity index (χ4v) is 2.07. The van der Waals surface area contributed by atoms with Crippen LogP contribution in [0.3, 0.4) is 0 Å². The van der Waals surface area contributed by atoms with Gasteiger partial charge in [0.05, 0.1) is 5.69 Å². The standard InChI is InChI=1S/C17H20N2O2.Cu/c1-11(12-7-5-9-14(18-12)16(20)21)13-8-6-10-15(19-13)17(2,3)4;/h5-11H,1-4H3,(H,20,21);. The second-order valence-electron chi connectivity index (χ2n) is 6.17. The van der Waals surface area contributed by atoms with Crippen molar-refractivity contribution in [3.05, 3.63) is 59.2 Å². The summed E-state index contributed by atoms with van der Waals surface area (Å²) in [6.45, 7) is 8.34. The van der Waals surface area contributed by atoms with Crippen LogP contribution >= 0.6 is 0 Å². The number of carboxylic acids is 1. The number of hydrogen-bond donors (Lipinski definition) is 1. The first-order valence-electron chi connectivity index (χ1n) is 6.96. The Hall–Kier alpha value is -1.71. The molecular formula is C17H20CuN2O2. The Kier molecular flexibility index (Phi) is 5.86. The molecule has 0 spiro atoms. The van der Waals surface area contributed by atoms with Crippen molar-refractivity contribution in [2.24, 2.45) is 0 Å². The maximum atomic E-state index is 11.0. The fraction of sp³-hybridized carbons (Fsp3) is 0.353. The number of hydrogen-bond acceptors (Lipinski definition) is 3. The molecule has 1 radical (unpaired) electrons. The van der Waals surface area contributed by atoms with E-state index in [0.29, 0.717) is 5.69 Å². The summed E-state index contributed by atoms with van der Waals surface area (Å²) in [6.07, 6.45) is 0. The van der Waals surface area contributed by atoms with Gasteiger partial charge in [0.1, 0.15) is 5.69 Å². The molecule has 1 unspecified atom stereocenters. The Balaban J connectivity index is 0.00000242. The smallest absolute Gasteiger partial charge is 0.354 e. The zero-order valence-electron chi connectivity index (χ0n) is 13.1. The summed E-state index contributed by atoms with van der Waals surface area (Å²) < 4.78 is 0. The van der Waals surface area contributed by atoms with Gasteiger partial charge in [-0.2, -0.15) is 0 Å². The maximum absolute atomic E-state index is 11.0. The van der Waals surface area contributed by atoms with Crippen molar-refractivity contribution in [2.75, 3.05) is 0 Å². The van der Waals surface area contributed by atoms with Gasteiger partial charge in [-0.3, -0.25) is 4.98 Å². The predicted molar refractivity (Wildman–Crippen MR) is 81.7 cm³/mol. The molecule has 2 aromatic rings. The number of pyridine rings is 2. The number of carbonyl (C=O) groups is 1. The maximum Gasteiger partial charge on any atom is 0.354 e. The van der Waals surface area contributed by atoms with Crippen molar-refractivity contribution in [1.29, 1.82) is 0 Å². The number of aromatic nitrogens is 2. The Morgan fingerprint density at radius 1 is 1.05 bits per heavy atom. The van der Waals surface area contributed by atoms with Crippen LogP contribution in [0.15, 0.2) is 36.4 Å². The summed E-state index contributed by atoms with van der Waals surface area (Å²) in [5.74, 6) is -1.06. The molecule has 0 aliphatic rings. The largest absolute Gasteiger partial charge is 0.477 e. The van der Waals surface area contributed by atoms with E-state index in [0.717, 1.165) is 11.4 Å². The molecule has 0 aliphatic heterocycles. The fourth-order valence-electron chi connectivity index (χ4n) is 2.07. The van der Waals surface area contributed by atoms with E-state index in [4.69, 9.17) is 10.1 Å². The first-order chi connectivity index (χ1) is 9.79. The van der Waals surface area contributed by atoms with Crippen molar-refractivity contribution >= 4 is 5.97 Å². The molecule has 0 aromatic carbocycles. The Labute approximate surface area is 141 Å². The normalized spacial score (nSPS) is 12.4. The van der Waals surface area contributed by atoms with Gasteiger partial charge in [-0.05, 0) is 24.3 Å². The zero-order chi connectivity index (χ0) is 15.6. The molecule has 22 heavy (non-hydrogen) atoms. The Morgan fingerprint density at radius 3 is 2.14 bits per heavy atom. The SMILES string of the molecule is CC(c1cccc(C(=O)O)n1)c1cccc(C(C)(C)C)n1.[Cu]. The van der Waals surface area contributed by atoms with Crippen molar-refractivity contribution < 1.29 is 27.0 Å². The second-order valence-corrected chi connectivity index (χ2v) is 6.17. The minimum Gasteiger partial charge on any atom is -0.477 e. The summed E-state index contributed by atoms with van der Waals surface area (Å²) in [7, 11) is 0. The summed E-state index contributed by atoms with van der Waals surface area (Å²) in [5.41, 5.74) is 2.67. The molecule has 0 saturated carbocycles. The van der Waals surface area contributed by atoms with Crippen LogP contribution in [-0.4, -0.2) is 21.0 Å². The minimum atomic E-state index is -1.01. The third kappa shape index (κ3) is 4.15. The Morgan fingerprint density at radius 2 is 1.59 bits per heavy atom. The molecule has 0 saturated heterocycles. The van der Waals surface area contributed by atoms with Crippen LogP contribution in [0.5, 0.6) is 0 Å². The van der Waals surface area contributed by atoms with Crippen LogP contribution in [-0.2, 0) is 22.5 Å². The van der Waals surface area contributed by atoms with E-state index in [2.05, 4.69) is 25.8 Å². The molecule has 1 atom stereocenters.